The van der Waals surface area contributed by atoms with E-state index in [9.17, 15) is 18.4 Å². The maximum Gasteiger partial charge on any atom is 0.313 e. The van der Waals surface area contributed by atoms with Crippen LogP contribution in [0.3, 0.4) is 0 Å². The van der Waals surface area contributed by atoms with E-state index in [-0.39, 0.29) is 24.5 Å². The van der Waals surface area contributed by atoms with Crippen molar-refractivity contribution in [3.05, 3.63) is 23.3 Å². The van der Waals surface area contributed by atoms with Gasteiger partial charge in [-0.15, -0.1) is 0 Å². The van der Waals surface area contributed by atoms with E-state index in [2.05, 4.69) is 4.74 Å². The largest absolute Gasteiger partial charge is 0.490 e. The Kier molecular flexibility index (Phi) is 6.08. The van der Waals surface area contributed by atoms with Gasteiger partial charge in [0.2, 0.25) is 11.6 Å². The molecular formula is C14H16F2O5. The molecule has 0 aliphatic carbocycles. The van der Waals surface area contributed by atoms with Crippen LogP contribution in [0.4, 0.5) is 8.78 Å². The highest BCUT2D eigenvalue weighted by Crippen LogP contribution is 2.36. The van der Waals surface area contributed by atoms with Crippen LogP contribution in [0, 0.1) is 11.6 Å². The number of carbonyl (C=O) groups excluding carboxylic acids is 2. The van der Waals surface area contributed by atoms with Crippen molar-refractivity contribution in [3.63, 3.8) is 0 Å². The van der Waals surface area contributed by atoms with Crippen molar-refractivity contribution in [2.75, 3.05) is 20.3 Å². The highest BCUT2D eigenvalue weighted by molar-refractivity contribution is 6.08. The predicted molar refractivity (Wildman–Crippen MR) is 69.7 cm³/mol. The van der Waals surface area contributed by atoms with Gasteiger partial charge in [-0.1, -0.05) is 0 Å². The zero-order chi connectivity index (χ0) is 16.0. The summed E-state index contributed by atoms with van der Waals surface area (Å²) in [7, 11) is 1.12. The van der Waals surface area contributed by atoms with E-state index < -0.39 is 35.6 Å². The van der Waals surface area contributed by atoms with Crippen LogP contribution in [0.15, 0.2) is 6.07 Å². The number of esters is 1. The second kappa shape index (κ2) is 7.56. The molecule has 0 amide bonds. The van der Waals surface area contributed by atoms with Crippen LogP contribution in [0.1, 0.15) is 30.6 Å². The van der Waals surface area contributed by atoms with Gasteiger partial charge in [0.25, 0.3) is 0 Å². The van der Waals surface area contributed by atoms with Gasteiger partial charge in [0, 0.05) is 0 Å². The Hall–Kier alpha value is -2.18. The summed E-state index contributed by atoms with van der Waals surface area (Å²) in [6, 6.07) is 0.685. The number of hydrogen-bond donors (Lipinski definition) is 0. The van der Waals surface area contributed by atoms with Gasteiger partial charge in [-0.05, 0) is 19.9 Å². The Balaban J connectivity index is 3.24. The monoisotopic (exact) mass is 302 g/mol. The topological polar surface area (TPSA) is 61.8 Å². The number of carbonyl (C=O) groups is 2. The Morgan fingerprint density at radius 1 is 1.14 bits per heavy atom. The van der Waals surface area contributed by atoms with Crippen LogP contribution in [0.25, 0.3) is 0 Å². The minimum Gasteiger partial charge on any atom is -0.490 e. The standard InChI is InChI=1S/C14H16F2O5/c1-4-20-11(18)7-10(17)8-6-9(15)12(16)14(19-3)13(8)21-5-2/h6H,4-5,7H2,1-3H3. The van der Waals surface area contributed by atoms with Crippen LogP contribution in [0.5, 0.6) is 11.5 Å². The first-order chi connectivity index (χ1) is 9.96. The fourth-order valence-corrected chi connectivity index (χ4v) is 1.70. The molecule has 1 aromatic carbocycles. The number of methoxy groups -OCH3 is 1. The Morgan fingerprint density at radius 2 is 1.81 bits per heavy atom. The lowest BCUT2D eigenvalue weighted by molar-refractivity contribution is -0.141. The molecule has 0 unspecified atom stereocenters. The van der Waals surface area contributed by atoms with Gasteiger partial charge in [-0.25, -0.2) is 4.39 Å². The predicted octanol–water partition coefficient (Wildman–Crippen LogP) is 2.51. The highest BCUT2D eigenvalue weighted by Gasteiger charge is 2.26. The van der Waals surface area contributed by atoms with Crippen LogP contribution >= 0.6 is 0 Å². The molecule has 0 saturated carbocycles. The lowest BCUT2D eigenvalue weighted by atomic mass is 10.1. The Morgan fingerprint density at radius 3 is 2.33 bits per heavy atom. The van der Waals surface area contributed by atoms with Gasteiger partial charge in [0.05, 0.1) is 25.9 Å². The summed E-state index contributed by atoms with van der Waals surface area (Å²) in [5.74, 6) is -4.75. The van der Waals surface area contributed by atoms with E-state index in [0.717, 1.165) is 7.11 Å². The average molecular weight is 302 g/mol. The van der Waals surface area contributed by atoms with Gasteiger partial charge >= 0.3 is 5.97 Å². The fourth-order valence-electron chi connectivity index (χ4n) is 1.70. The van der Waals surface area contributed by atoms with Crippen molar-refractivity contribution in [1.82, 2.24) is 0 Å². The summed E-state index contributed by atoms with van der Waals surface area (Å²) in [6.07, 6.45) is -0.595. The van der Waals surface area contributed by atoms with Crippen molar-refractivity contribution >= 4 is 11.8 Å². The summed E-state index contributed by atoms with van der Waals surface area (Å²) in [5, 5.41) is 0. The average Bonchev–Trinajstić information content (AvgIpc) is 2.43. The molecule has 21 heavy (non-hydrogen) atoms. The maximum atomic E-state index is 13.6. The molecule has 5 nitrogen and oxygen atoms in total. The number of hydrogen-bond acceptors (Lipinski definition) is 5. The molecule has 0 spiro atoms. The zero-order valence-electron chi connectivity index (χ0n) is 12.0. The summed E-state index contributed by atoms with van der Waals surface area (Å²) in [6.45, 7) is 3.43. The van der Waals surface area contributed by atoms with Crippen molar-refractivity contribution < 1.29 is 32.6 Å². The van der Waals surface area contributed by atoms with Crippen LogP contribution in [0.2, 0.25) is 0 Å². The molecule has 0 aliphatic rings. The van der Waals surface area contributed by atoms with Gasteiger partial charge in [0.15, 0.2) is 17.3 Å². The zero-order valence-corrected chi connectivity index (χ0v) is 12.0. The molecule has 0 bridgehead atoms. The highest BCUT2D eigenvalue weighted by atomic mass is 19.2. The smallest absolute Gasteiger partial charge is 0.313 e. The van der Waals surface area contributed by atoms with E-state index in [4.69, 9.17) is 9.47 Å². The number of benzene rings is 1. The lowest BCUT2D eigenvalue weighted by Crippen LogP contribution is -2.14. The number of Topliss-reactive ketones (excluding diaryl/α,β-unsaturated/α-hetero) is 1. The SMILES string of the molecule is CCOC(=O)CC(=O)c1cc(F)c(F)c(OC)c1OCC. The minimum atomic E-state index is -1.26. The molecule has 0 aliphatic heterocycles. The summed E-state index contributed by atoms with van der Waals surface area (Å²) < 4.78 is 41.7. The van der Waals surface area contributed by atoms with E-state index >= 15 is 0 Å². The van der Waals surface area contributed by atoms with Gasteiger partial charge in [0.1, 0.15) is 6.42 Å². The molecule has 0 heterocycles. The summed E-state index contributed by atoms with van der Waals surface area (Å²) in [4.78, 5) is 23.4. The van der Waals surface area contributed by atoms with E-state index in [1.54, 1.807) is 13.8 Å². The number of ether oxygens (including phenoxy) is 3. The molecule has 0 fully saturated rings. The lowest BCUT2D eigenvalue weighted by Gasteiger charge is -2.14. The maximum absolute atomic E-state index is 13.6. The van der Waals surface area contributed by atoms with Crippen LogP contribution in [-0.2, 0) is 9.53 Å². The molecule has 1 aromatic rings. The molecular weight excluding hydrogens is 286 g/mol. The molecule has 0 radical (unpaired) electrons. The second-order valence-electron chi connectivity index (χ2n) is 3.92. The fraction of sp³-hybridized carbons (Fsp3) is 0.429. The van der Waals surface area contributed by atoms with Gasteiger partial charge in [-0.3, -0.25) is 9.59 Å². The first kappa shape index (κ1) is 16.9. The third kappa shape index (κ3) is 3.90. The summed E-state index contributed by atoms with van der Waals surface area (Å²) in [5.41, 5.74) is -0.263. The number of halogens is 2. The normalized spacial score (nSPS) is 10.1. The Bertz CT molecular complexity index is 543. The van der Waals surface area contributed by atoms with Crippen molar-refractivity contribution in [3.8, 4) is 11.5 Å². The first-order valence-corrected chi connectivity index (χ1v) is 6.33. The van der Waals surface area contributed by atoms with E-state index in [0.29, 0.717) is 6.07 Å². The quantitative estimate of drug-likeness (QED) is 0.440. The third-order valence-electron chi connectivity index (χ3n) is 2.53. The van der Waals surface area contributed by atoms with Crippen LogP contribution < -0.4 is 9.47 Å². The minimum absolute atomic E-state index is 0.112. The van der Waals surface area contributed by atoms with Crippen molar-refractivity contribution in [2.45, 2.75) is 20.3 Å². The summed E-state index contributed by atoms with van der Waals surface area (Å²) >= 11 is 0. The molecule has 0 atom stereocenters. The van der Waals surface area contributed by atoms with Crippen LogP contribution in [-0.4, -0.2) is 32.1 Å². The first-order valence-electron chi connectivity index (χ1n) is 6.33. The third-order valence-corrected chi connectivity index (χ3v) is 2.53. The Labute approximate surface area is 120 Å². The van der Waals surface area contributed by atoms with Gasteiger partial charge < -0.3 is 14.2 Å². The van der Waals surface area contributed by atoms with Gasteiger partial charge in [-0.2, -0.15) is 4.39 Å². The number of rotatable bonds is 7. The van der Waals surface area contributed by atoms with Crippen molar-refractivity contribution in [1.29, 1.82) is 0 Å². The van der Waals surface area contributed by atoms with E-state index in [1.165, 1.54) is 0 Å². The molecule has 0 saturated heterocycles. The molecule has 0 N–H and O–H groups in total. The number of ketones is 1. The molecule has 116 valence electrons. The molecule has 1 rings (SSSR count). The molecule has 0 aromatic heterocycles. The second-order valence-corrected chi connectivity index (χ2v) is 3.92. The van der Waals surface area contributed by atoms with Crippen molar-refractivity contribution in [2.24, 2.45) is 0 Å². The molecule has 7 heteroatoms. The van der Waals surface area contributed by atoms with E-state index in [1.807, 2.05) is 0 Å².